The van der Waals surface area contributed by atoms with Crippen LogP contribution in [0.25, 0.3) is 10.9 Å². The van der Waals surface area contributed by atoms with Crippen molar-refractivity contribution in [2.75, 3.05) is 18.0 Å². The van der Waals surface area contributed by atoms with Gasteiger partial charge in [0.15, 0.2) is 6.29 Å². The van der Waals surface area contributed by atoms with Gasteiger partial charge in [0.1, 0.15) is 12.0 Å². The second-order valence-corrected chi connectivity index (χ2v) is 5.00. The summed E-state index contributed by atoms with van der Waals surface area (Å²) in [4.78, 5) is 17.3. The number of piperidine rings is 1. The van der Waals surface area contributed by atoms with E-state index in [-0.39, 0.29) is 5.82 Å². The van der Waals surface area contributed by atoms with Crippen molar-refractivity contribution in [3.8, 4) is 0 Å². The number of aromatic nitrogens is 1. The highest BCUT2D eigenvalue weighted by Crippen LogP contribution is 2.31. The van der Waals surface area contributed by atoms with Crippen LogP contribution < -0.4 is 4.90 Å². The van der Waals surface area contributed by atoms with Crippen molar-refractivity contribution in [1.29, 1.82) is 0 Å². The molecule has 1 saturated heterocycles. The van der Waals surface area contributed by atoms with Crippen LogP contribution in [0.5, 0.6) is 0 Å². The molecule has 0 aliphatic carbocycles. The first-order valence-corrected chi connectivity index (χ1v) is 6.61. The second-order valence-electron chi connectivity index (χ2n) is 5.00. The van der Waals surface area contributed by atoms with Gasteiger partial charge in [0.05, 0.1) is 16.8 Å². The minimum absolute atomic E-state index is 0.371. The number of halogens is 2. The van der Waals surface area contributed by atoms with E-state index in [4.69, 9.17) is 0 Å². The van der Waals surface area contributed by atoms with E-state index in [9.17, 15) is 13.6 Å². The standard InChI is InChI=1S/C15H14F2N2O/c16-11-3-5-19(6-4-11)15-10(9-20)8-18-14-2-1-12(17)7-13(14)15/h1-2,7-9,11H,3-6H2. The number of carbonyl (C=O) groups is 1. The number of carbonyl (C=O) groups excluding carboxylic acids is 1. The molecule has 2 aromatic rings. The zero-order chi connectivity index (χ0) is 14.1. The number of aldehydes is 1. The van der Waals surface area contributed by atoms with Crippen molar-refractivity contribution < 1.29 is 13.6 Å². The van der Waals surface area contributed by atoms with Crippen molar-refractivity contribution in [3.05, 3.63) is 35.8 Å². The molecule has 0 N–H and O–H groups in total. The fraction of sp³-hybridized carbons (Fsp3) is 0.333. The number of fused-ring (bicyclic) bond motifs is 1. The number of hydrogen-bond donors (Lipinski definition) is 0. The molecule has 0 bridgehead atoms. The van der Waals surface area contributed by atoms with Gasteiger partial charge in [-0.2, -0.15) is 0 Å². The number of anilines is 1. The second kappa shape index (κ2) is 5.15. The van der Waals surface area contributed by atoms with E-state index >= 15 is 0 Å². The van der Waals surface area contributed by atoms with E-state index in [0.29, 0.717) is 54.4 Å². The lowest BCUT2D eigenvalue weighted by molar-refractivity contribution is 0.112. The average molecular weight is 276 g/mol. The summed E-state index contributed by atoms with van der Waals surface area (Å²) in [6.07, 6.45) is 2.27. The maximum atomic E-state index is 13.5. The summed E-state index contributed by atoms with van der Waals surface area (Å²) in [5.74, 6) is -0.371. The summed E-state index contributed by atoms with van der Waals surface area (Å²) in [6, 6.07) is 4.31. The lowest BCUT2D eigenvalue weighted by Gasteiger charge is -2.32. The Morgan fingerprint density at radius 3 is 2.75 bits per heavy atom. The van der Waals surface area contributed by atoms with Crippen LogP contribution >= 0.6 is 0 Å². The van der Waals surface area contributed by atoms with E-state index in [2.05, 4.69) is 4.98 Å². The molecule has 0 amide bonds. The molecule has 5 heteroatoms. The Hall–Kier alpha value is -2.04. The van der Waals surface area contributed by atoms with E-state index in [1.54, 1.807) is 6.07 Å². The maximum absolute atomic E-state index is 13.5. The Labute approximate surface area is 115 Å². The quantitative estimate of drug-likeness (QED) is 0.790. The molecule has 0 spiro atoms. The highest BCUT2D eigenvalue weighted by atomic mass is 19.1. The zero-order valence-corrected chi connectivity index (χ0v) is 10.9. The third-order valence-electron chi connectivity index (χ3n) is 3.70. The zero-order valence-electron chi connectivity index (χ0n) is 10.9. The molecule has 3 rings (SSSR count). The molecule has 0 unspecified atom stereocenters. The Bertz CT molecular complexity index is 652. The Morgan fingerprint density at radius 1 is 1.30 bits per heavy atom. The van der Waals surface area contributed by atoms with Gasteiger partial charge >= 0.3 is 0 Å². The van der Waals surface area contributed by atoms with Crippen LogP contribution in [0.3, 0.4) is 0 Å². The highest BCUT2D eigenvalue weighted by molar-refractivity contribution is 6.00. The summed E-state index contributed by atoms with van der Waals surface area (Å²) in [7, 11) is 0. The van der Waals surface area contributed by atoms with Crippen molar-refractivity contribution in [1.82, 2.24) is 4.98 Å². The van der Waals surface area contributed by atoms with Gasteiger partial charge < -0.3 is 4.90 Å². The highest BCUT2D eigenvalue weighted by Gasteiger charge is 2.22. The monoisotopic (exact) mass is 276 g/mol. The van der Waals surface area contributed by atoms with E-state index < -0.39 is 6.17 Å². The van der Waals surface area contributed by atoms with Gasteiger partial charge in [-0.25, -0.2) is 8.78 Å². The summed E-state index contributed by atoms with van der Waals surface area (Å²) in [6.45, 7) is 1.05. The van der Waals surface area contributed by atoms with Gasteiger partial charge in [-0.1, -0.05) is 0 Å². The predicted octanol–water partition coefficient (Wildman–Crippen LogP) is 3.12. The Kier molecular flexibility index (Phi) is 3.34. The number of alkyl halides is 1. The first-order valence-electron chi connectivity index (χ1n) is 6.61. The summed E-state index contributed by atoms with van der Waals surface area (Å²) >= 11 is 0. The van der Waals surface area contributed by atoms with Crippen LogP contribution in [0.4, 0.5) is 14.5 Å². The number of hydrogen-bond acceptors (Lipinski definition) is 3. The van der Waals surface area contributed by atoms with Gasteiger partial charge in [-0.15, -0.1) is 0 Å². The van der Waals surface area contributed by atoms with Gasteiger partial charge in [-0.3, -0.25) is 9.78 Å². The molecule has 1 aromatic heterocycles. The molecule has 1 aliphatic heterocycles. The van der Waals surface area contributed by atoms with Gasteiger partial charge in [-0.05, 0) is 31.0 Å². The predicted molar refractivity (Wildman–Crippen MR) is 73.4 cm³/mol. The maximum Gasteiger partial charge on any atom is 0.153 e. The molecule has 1 aliphatic rings. The summed E-state index contributed by atoms with van der Waals surface area (Å²) in [5.41, 5.74) is 1.71. The normalized spacial score (nSPS) is 16.6. The number of nitrogens with zero attached hydrogens (tertiary/aromatic N) is 2. The third-order valence-corrected chi connectivity index (χ3v) is 3.70. The van der Waals surface area contributed by atoms with Crippen LogP contribution in [-0.2, 0) is 0 Å². The molecule has 1 fully saturated rings. The third kappa shape index (κ3) is 2.24. The van der Waals surface area contributed by atoms with Gasteiger partial charge in [0.2, 0.25) is 0 Å². The van der Waals surface area contributed by atoms with E-state index in [0.717, 1.165) is 0 Å². The Morgan fingerprint density at radius 2 is 2.05 bits per heavy atom. The largest absolute Gasteiger partial charge is 0.370 e. The molecule has 2 heterocycles. The molecule has 0 radical (unpaired) electrons. The average Bonchev–Trinajstić information content (AvgIpc) is 2.47. The van der Waals surface area contributed by atoms with Crippen molar-refractivity contribution in [2.24, 2.45) is 0 Å². The van der Waals surface area contributed by atoms with Gasteiger partial charge in [0, 0.05) is 24.7 Å². The summed E-state index contributed by atoms with van der Waals surface area (Å²) in [5, 5.41) is 0.604. The van der Waals surface area contributed by atoms with Crippen molar-refractivity contribution >= 4 is 22.9 Å². The molecular formula is C15H14F2N2O. The first-order chi connectivity index (χ1) is 9.69. The van der Waals surface area contributed by atoms with Crippen molar-refractivity contribution in [2.45, 2.75) is 19.0 Å². The number of rotatable bonds is 2. The molecule has 0 atom stereocenters. The molecular weight excluding hydrogens is 262 g/mol. The summed E-state index contributed by atoms with van der Waals surface area (Å²) < 4.78 is 26.8. The minimum atomic E-state index is -0.796. The fourth-order valence-electron chi connectivity index (χ4n) is 2.68. The smallest absolute Gasteiger partial charge is 0.153 e. The lowest BCUT2D eigenvalue weighted by atomic mass is 10.0. The first kappa shape index (κ1) is 13.0. The van der Waals surface area contributed by atoms with Gasteiger partial charge in [0.25, 0.3) is 0 Å². The topological polar surface area (TPSA) is 33.2 Å². The number of pyridine rings is 1. The van der Waals surface area contributed by atoms with Crippen LogP contribution in [0.1, 0.15) is 23.2 Å². The van der Waals surface area contributed by atoms with Crippen LogP contribution in [0.2, 0.25) is 0 Å². The lowest BCUT2D eigenvalue weighted by Crippen LogP contribution is -2.35. The Balaban J connectivity index is 2.15. The van der Waals surface area contributed by atoms with E-state index in [1.807, 2.05) is 4.90 Å². The van der Waals surface area contributed by atoms with Crippen LogP contribution in [0.15, 0.2) is 24.4 Å². The minimum Gasteiger partial charge on any atom is -0.370 e. The molecule has 1 aromatic carbocycles. The molecule has 3 nitrogen and oxygen atoms in total. The SMILES string of the molecule is O=Cc1cnc2ccc(F)cc2c1N1CCC(F)CC1. The fourth-order valence-corrected chi connectivity index (χ4v) is 2.68. The van der Waals surface area contributed by atoms with Crippen molar-refractivity contribution in [3.63, 3.8) is 0 Å². The number of benzene rings is 1. The molecule has 20 heavy (non-hydrogen) atoms. The molecule has 0 saturated carbocycles. The van der Waals surface area contributed by atoms with Crippen LogP contribution in [-0.4, -0.2) is 30.5 Å². The van der Waals surface area contributed by atoms with E-state index in [1.165, 1.54) is 18.3 Å². The van der Waals surface area contributed by atoms with Crippen LogP contribution in [0, 0.1) is 5.82 Å². The molecule has 104 valence electrons.